The van der Waals surface area contributed by atoms with Crippen LogP contribution in [0.15, 0.2) is 28.9 Å². The molecule has 0 saturated carbocycles. The summed E-state index contributed by atoms with van der Waals surface area (Å²) in [6.07, 6.45) is 2.97. The second-order valence-electron chi connectivity index (χ2n) is 3.93. The largest absolute Gasteiger partial charge is 0.384 e. The molecule has 2 nitrogen and oxygen atoms in total. The minimum absolute atomic E-state index is 0.991. The second-order valence-corrected chi connectivity index (χ2v) is 4.78. The molecule has 2 aromatic rings. The van der Waals surface area contributed by atoms with E-state index in [1.54, 1.807) is 0 Å². The third-order valence-corrected chi connectivity index (χ3v) is 3.11. The van der Waals surface area contributed by atoms with E-state index in [4.69, 9.17) is 0 Å². The standard InChI is InChI=1S/C13H15BrN2/c1-3-5-15-12-4-6-16-13-10(12)7-9(2)8-11(13)14/h4,6-8H,3,5H2,1-2H3,(H,15,16). The van der Waals surface area contributed by atoms with Gasteiger partial charge in [-0.3, -0.25) is 4.98 Å². The van der Waals surface area contributed by atoms with Crippen LogP contribution >= 0.6 is 15.9 Å². The van der Waals surface area contributed by atoms with Crippen molar-refractivity contribution in [3.63, 3.8) is 0 Å². The maximum absolute atomic E-state index is 4.40. The highest BCUT2D eigenvalue weighted by atomic mass is 79.9. The van der Waals surface area contributed by atoms with E-state index in [1.165, 1.54) is 10.9 Å². The molecule has 1 N–H and O–H groups in total. The summed E-state index contributed by atoms with van der Waals surface area (Å²) >= 11 is 3.56. The van der Waals surface area contributed by atoms with E-state index in [2.05, 4.69) is 52.2 Å². The molecule has 0 aliphatic heterocycles. The fourth-order valence-corrected chi connectivity index (χ4v) is 2.44. The Hall–Kier alpha value is -1.09. The molecule has 0 aliphatic carbocycles. The zero-order valence-corrected chi connectivity index (χ0v) is 11.1. The van der Waals surface area contributed by atoms with E-state index in [0.29, 0.717) is 0 Å². The second kappa shape index (κ2) is 4.83. The Bertz CT molecular complexity index is 509. The SMILES string of the molecule is CCCNc1ccnc2c(Br)cc(C)cc12. The number of pyridine rings is 1. The number of hydrogen-bond donors (Lipinski definition) is 1. The Morgan fingerprint density at radius 3 is 2.94 bits per heavy atom. The highest BCUT2D eigenvalue weighted by Crippen LogP contribution is 2.28. The number of aromatic nitrogens is 1. The number of fused-ring (bicyclic) bond motifs is 1. The molecule has 0 amide bonds. The maximum Gasteiger partial charge on any atom is 0.0864 e. The first kappa shape index (κ1) is 11.4. The van der Waals surface area contributed by atoms with Crippen LogP contribution in [0.2, 0.25) is 0 Å². The lowest BCUT2D eigenvalue weighted by atomic mass is 10.1. The van der Waals surface area contributed by atoms with E-state index < -0.39 is 0 Å². The van der Waals surface area contributed by atoms with Crippen molar-refractivity contribution in [3.8, 4) is 0 Å². The van der Waals surface area contributed by atoms with E-state index in [-0.39, 0.29) is 0 Å². The lowest BCUT2D eigenvalue weighted by Gasteiger charge is -2.10. The highest BCUT2D eigenvalue weighted by Gasteiger charge is 2.05. The minimum Gasteiger partial charge on any atom is -0.384 e. The normalized spacial score (nSPS) is 10.7. The number of nitrogens with one attached hydrogen (secondary N) is 1. The Kier molecular flexibility index (Phi) is 3.44. The molecular formula is C13H15BrN2. The lowest BCUT2D eigenvalue weighted by molar-refractivity contribution is 0.981. The van der Waals surface area contributed by atoms with Gasteiger partial charge in [0.1, 0.15) is 0 Å². The first-order chi connectivity index (χ1) is 7.72. The van der Waals surface area contributed by atoms with Gasteiger partial charge in [0.05, 0.1) is 5.52 Å². The summed E-state index contributed by atoms with van der Waals surface area (Å²) in [5, 5.41) is 4.61. The van der Waals surface area contributed by atoms with Gasteiger partial charge in [0.2, 0.25) is 0 Å². The summed E-state index contributed by atoms with van der Waals surface area (Å²) in [7, 11) is 0. The topological polar surface area (TPSA) is 24.9 Å². The third-order valence-electron chi connectivity index (χ3n) is 2.51. The van der Waals surface area contributed by atoms with E-state index >= 15 is 0 Å². The van der Waals surface area contributed by atoms with Gasteiger partial charge in [-0.25, -0.2) is 0 Å². The van der Waals surface area contributed by atoms with E-state index in [0.717, 1.165) is 28.6 Å². The molecule has 0 saturated heterocycles. The van der Waals surface area contributed by atoms with Crippen molar-refractivity contribution in [2.45, 2.75) is 20.3 Å². The van der Waals surface area contributed by atoms with Gasteiger partial charge in [0, 0.05) is 28.3 Å². The molecule has 1 heterocycles. The van der Waals surface area contributed by atoms with Crippen molar-refractivity contribution in [1.82, 2.24) is 4.98 Å². The summed E-state index contributed by atoms with van der Waals surface area (Å²) in [4.78, 5) is 4.40. The third kappa shape index (κ3) is 2.19. The average molecular weight is 279 g/mol. The van der Waals surface area contributed by atoms with E-state index in [9.17, 15) is 0 Å². The molecule has 0 fully saturated rings. The molecule has 1 aromatic carbocycles. The number of anilines is 1. The monoisotopic (exact) mass is 278 g/mol. The van der Waals surface area contributed by atoms with Crippen LogP contribution in [0.4, 0.5) is 5.69 Å². The molecule has 0 unspecified atom stereocenters. The minimum atomic E-state index is 0.991. The van der Waals surface area contributed by atoms with Crippen LogP contribution in [0.25, 0.3) is 10.9 Å². The summed E-state index contributed by atoms with van der Waals surface area (Å²) in [5.74, 6) is 0. The molecule has 84 valence electrons. The van der Waals surface area contributed by atoms with Crippen molar-refractivity contribution in [2.24, 2.45) is 0 Å². The molecule has 1 aromatic heterocycles. The average Bonchev–Trinajstić information content (AvgIpc) is 2.26. The fourth-order valence-electron chi connectivity index (χ4n) is 1.76. The summed E-state index contributed by atoms with van der Waals surface area (Å²) < 4.78 is 1.06. The lowest BCUT2D eigenvalue weighted by Crippen LogP contribution is -2.00. The van der Waals surface area contributed by atoms with Crippen molar-refractivity contribution in [1.29, 1.82) is 0 Å². The van der Waals surface area contributed by atoms with E-state index in [1.807, 2.05) is 12.3 Å². The summed E-state index contributed by atoms with van der Waals surface area (Å²) in [5.41, 5.74) is 3.43. The molecule has 0 atom stereocenters. The molecule has 16 heavy (non-hydrogen) atoms. The van der Waals surface area contributed by atoms with Crippen LogP contribution in [0.5, 0.6) is 0 Å². The molecule has 2 rings (SSSR count). The van der Waals surface area contributed by atoms with Crippen LogP contribution in [0.1, 0.15) is 18.9 Å². The molecule has 3 heteroatoms. The number of hydrogen-bond acceptors (Lipinski definition) is 2. The Morgan fingerprint density at radius 2 is 2.19 bits per heavy atom. The van der Waals surface area contributed by atoms with Gasteiger partial charge >= 0.3 is 0 Å². The Morgan fingerprint density at radius 1 is 1.38 bits per heavy atom. The van der Waals surface area contributed by atoms with Crippen LogP contribution in [-0.2, 0) is 0 Å². The molecule has 0 bridgehead atoms. The van der Waals surface area contributed by atoms with Crippen LogP contribution in [-0.4, -0.2) is 11.5 Å². The Labute approximate surface area is 104 Å². The zero-order chi connectivity index (χ0) is 11.5. The summed E-state index contributed by atoms with van der Waals surface area (Å²) in [6.45, 7) is 5.25. The first-order valence-electron chi connectivity index (χ1n) is 5.51. The van der Waals surface area contributed by atoms with Gasteiger partial charge in [-0.05, 0) is 53.0 Å². The molecule has 0 aliphatic rings. The van der Waals surface area contributed by atoms with Gasteiger partial charge in [-0.1, -0.05) is 6.92 Å². The summed E-state index contributed by atoms with van der Waals surface area (Å²) in [6, 6.07) is 6.30. The Balaban J connectivity index is 2.57. The van der Waals surface area contributed by atoms with Crippen molar-refractivity contribution < 1.29 is 0 Å². The number of aryl methyl sites for hydroxylation is 1. The van der Waals surface area contributed by atoms with Gasteiger partial charge in [-0.2, -0.15) is 0 Å². The van der Waals surface area contributed by atoms with Crippen molar-refractivity contribution in [2.75, 3.05) is 11.9 Å². The molecule has 0 spiro atoms. The predicted molar refractivity (Wildman–Crippen MR) is 73.0 cm³/mol. The van der Waals surface area contributed by atoms with Gasteiger partial charge < -0.3 is 5.32 Å². The maximum atomic E-state index is 4.40. The predicted octanol–water partition coefficient (Wildman–Crippen LogP) is 4.13. The van der Waals surface area contributed by atoms with Crippen LogP contribution < -0.4 is 5.32 Å². The smallest absolute Gasteiger partial charge is 0.0864 e. The number of halogens is 1. The quantitative estimate of drug-likeness (QED) is 0.913. The molecule has 0 radical (unpaired) electrons. The number of benzene rings is 1. The number of nitrogens with zero attached hydrogens (tertiary/aromatic N) is 1. The van der Waals surface area contributed by atoms with Crippen molar-refractivity contribution >= 4 is 32.5 Å². The first-order valence-corrected chi connectivity index (χ1v) is 6.30. The van der Waals surface area contributed by atoms with Gasteiger partial charge in [-0.15, -0.1) is 0 Å². The highest BCUT2D eigenvalue weighted by molar-refractivity contribution is 9.10. The fraction of sp³-hybridized carbons (Fsp3) is 0.308. The van der Waals surface area contributed by atoms with Crippen molar-refractivity contribution in [3.05, 3.63) is 34.4 Å². The van der Waals surface area contributed by atoms with Crippen LogP contribution in [0, 0.1) is 6.92 Å². The van der Waals surface area contributed by atoms with Gasteiger partial charge in [0.15, 0.2) is 0 Å². The zero-order valence-electron chi connectivity index (χ0n) is 9.55. The van der Waals surface area contributed by atoms with Crippen LogP contribution in [0.3, 0.4) is 0 Å². The molecular weight excluding hydrogens is 264 g/mol. The van der Waals surface area contributed by atoms with Gasteiger partial charge in [0.25, 0.3) is 0 Å². The number of rotatable bonds is 3.